The smallest absolute Gasteiger partial charge is 1.00 e. The quantitative estimate of drug-likeness (QED) is 0.693. The second-order valence-electron chi connectivity index (χ2n) is 4.15. The van der Waals surface area contributed by atoms with Crippen LogP contribution in [0.15, 0.2) is 18.5 Å². The number of pyridine rings is 1. The summed E-state index contributed by atoms with van der Waals surface area (Å²) in [6.45, 7) is 0.516. The van der Waals surface area contributed by atoms with E-state index in [0.29, 0.717) is 11.4 Å². The van der Waals surface area contributed by atoms with Crippen molar-refractivity contribution in [2.75, 3.05) is 6.61 Å². The average Bonchev–Trinajstić information content (AvgIpc) is 2.46. The Morgan fingerprint density at radius 1 is 1.26 bits per heavy atom. The van der Waals surface area contributed by atoms with Crippen LogP contribution >= 0.6 is 0 Å². The Balaban J connectivity index is 0.00000242. The second-order valence-corrected chi connectivity index (χ2v) is 4.15. The van der Waals surface area contributed by atoms with Gasteiger partial charge in [0.1, 0.15) is 0 Å². The van der Waals surface area contributed by atoms with Crippen molar-refractivity contribution in [1.29, 1.82) is 0 Å². The van der Waals surface area contributed by atoms with E-state index in [1.54, 1.807) is 6.92 Å². The second kappa shape index (κ2) is 9.87. The number of ether oxygens (including phenoxy) is 1. The van der Waals surface area contributed by atoms with E-state index in [1.165, 1.54) is 12.3 Å². The fraction of sp³-hybridized carbons (Fsp3) is 0.308. The van der Waals surface area contributed by atoms with Crippen molar-refractivity contribution >= 4 is 8.41 Å². The minimum absolute atomic E-state index is 0. The van der Waals surface area contributed by atoms with E-state index in [4.69, 9.17) is 9.84 Å². The normalized spacial score (nSPS) is 10.0. The Bertz CT molecular complexity index is 650. The molecule has 0 aromatic carbocycles. The van der Waals surface area contributed by atoms with Crippen LogP contribution in [0.5, 0.6) is 5.88 Å². The topological polar surface area (TPSA) is 68.1 Å². The van der Waals surface area contributed by atoms with Gasteiger partial charge in [0, 0.05) is 11.6 Å². The van der Waals surface area contributed by atoms with Gasteiger partial charge in [-0.25, -0.2) is 23.1 Å². The number of aliphatic hydroxyl groups excluding tert-OH is 1. The molecule has 2 rings (SSSR count). The van der Waals surface area contributed by atoms with Crippen LogP contribution in [0.2, 0.25) is 0 Å². The fourth-order valence-corrected chi connectivity index (χ4v) is 1.63. The predicted octanol–water partition coefficient (Wildman–Crippen LogP) is -1.25. The Morgan fingerprint density at radius 3 is 2.52 bits per heavy atom. The number of halogens is 3. The van der Waals surface area contributed by atoms with Gasteiger partial charge in [-0.1, -0.05) is 0 Å². The van der Waals surface area contributed by atoms with Gasteiger partial charge in [0.2, 0.25) is 5.88 Å². The number of aryl methyl sites for hydroxylation is 1. The first-order chi connectivity index (χ1) is 10.0. The van der Waals surface area contributed by atoms with Crippen LogP contribution in [0.4, 0.5) is 13.2 Å². The maximum atomic E-state index is 13.8. The minimum Gasteiger partial charge on any atom is -1.00 e. The zero-order valence-corrected chi connectivity index (χ0v) is 14.6. The van der Waals surface area contributed by atoms with Crippen LogP contribution in [0, 0.1) is 12.7 Å². The van der Waals surface area contributed by atoms with Gasteiger partial charge in [-0.15, -0.1) is 0 Å². The molecule has 116 valence electrons. The summed E-state index contributed by atoms with van der Waals surface area (Å²) in [6, 6.07) is 1.18. The number of aliphatic hydroxyl groups is 1. The third-order valence-corrected chi connectivity index (χ3v) is 2.66. The first-order valence-electron chi connectivity index (χ1n) is 6.01. The van der Waals surface area contributed by atoms with Gasteiger partial charge in [-0.3, -0.25) is 4.98 Å². The van der Waals surface area contributed by atoms with E-state index in [0.717, 1.165) is 6.20 Å². The molecule has 1 N–H and O–H groups in total. The SMILES string of the molecule is Cc1nc(-c2cc(OCC(F)F)ncc2F)cnc1CO.[B-].[Na+]. The molecule has 0 saturated heterocycles. The van der Waals surface area contributed by atoms with E-state index >= 15 is 0 Å². The van der Waals surface area contributed by atoms with E-state index < -0.39 is 18.8 Å². The number of aromatic nitrogens is 3. The van der Waals surface area contributed by atoms with Crippen molar-refractivity contribution in [1.82, 2.24) is 15.0 Å². The molecule has 23 heavy (non-hydrogen) atoms. The van der Waals surface area contributed by atoms with Crippen LogP contribution in [-0.2, 0) is 6.61 Å². The van der Waals surface area contributed by atoms with Crippen molar-refractivity contribution in [3.05, 3.63) is 35.7 Å². The molecule has 0 aliphatic heterocycles. The van der Waals surface area contributed by atoms with Crippen molar-refractivity contribution in [2.45, 2.75) is 20.0 Å². The van der Waals surface area contributed by atoms with Gasteiger partial charge in [0.15, 0.2) is 12.4 Å². The van der Waals surface area contributed by atoms with Crippen LogP contribution in [0.3, 0.4) is 0 Å². The third-order valence-electron chi connectivity index (χ3n) is 2.66. The molecule has 0 atom stereocenters. The summed E-state index contributed by atoms with van der Waals surface area (Å²) in [4.78, 5) is 11.6. The molecular weight excluding hydrogens is 321 g/mol. The summed E-state index contributed by atoms with van der Waals surface area (Å²) in [7, 11) is 0. The summed E-state index contributed by atoms with van der Waals surface area (Å²) in [5.41, 5.74) is 1.06. The molecule has 10 heteroatoms. The summed E-state index contributed by atoms with van der Waals surface area (Å²) < 4.78 is 42.7. The molecule has 0 fully saturated rings. The molecule has 0 amide bonds. The number of alkyl halides is 2. The molecule has 2 aromatic rings. The average molecular weight is 333 g/mol. The summed E-state index contributed by atoms with van der Waals surface area (Å²) in [6.07, 6.45) is -0.493. The van der Waals surface area contributed by atoms with E-state index in [2.05, 4.69) is 15.0 Å². The molecule has 0 aliphatic carbocycles. The molecule has 0 bridgehead atoms. The van der Waals surface area contributed by atoms with Crippen LogP contribution in [0.25, 0.3) is 11.3 Å². The van der Waals surface area contributed by atoms with Crippen LogP contribution < -0.4 is 34.3 Å². The standard InChI is InChI=1S/C13H12F3N3O2.B.Na/c1-7-11(5-20)17-4-10(19-7)8-2-13(18-3-9(8)14)21-6-12(15)16;;/h2-4,12,20H,5-6H2,1H3;;/q;-1;+1. The monoisotopic (exact) mass is 333 g/mol. The maximum absolute atomic E-state index is 13.8. The fourth-order valence-electron chi connectivity index (χ4n) is 1.63. The molecule has 2 heterocycles. The van der Waals surface area contributed by atoms with Gasteiger partial charge in [-0.2, -0.15) is 0 Å². The number of nitrogens with zero attached hydrogens (tertiary/aromatic N) is 3. The number of hydrogen-bond acceptors (Lipinski definition) is 5. The summed E-state index contributed by atoms with van der Waals surface area (Å²) in [5.74, 6) is -0.803. The van der Waals surface area contributed by atoms with Crippen molar-refractivity contribution in [3.63, 3.8) is 0 Å². The van der Waals surface area contributed by atoms with Gasteiger partial charge < -0.3 is 18.3 Å². The van der Waals surface area contributed by atoms with Crippen LogP contribution in [0.1, 0.15) is 11.4 Å². The van der Waals surface area contributed by atoms with Gasteiger partial charge in [0.05, 0.1) is 36.1 Å². The molecule has 0 aliphatic rings. The van der Waals surface area contributed by atoms with E-state index in [9.17, 15) is 13.2 Å². The van der Waals surface area contributed by atoms with Gasteiger partial charge in [0.25, 0.3) is 6.43 Å². The predicted molar refractivity (Wildman–Crippen MR) is 73.1 cm³/mol. The van der Waals surface area contributed by atoms with Gasteiger partial charge >= 0.3 is 29.6 Å². The minimum atomic E-state index is -2.65. The van der Waals surface area contributed by atoms with Crippen molar-refractivity contribution < 1.29 is 52.6 Å². The Morgan fingerprint density at radius 2 is 1.96 bits per heavy atom. The molecular formula is C13H12BF3N3NaO2. The summed E-state index contributed by atoms with van der Waals surface area (Å²) in [5, 5.41) is 9.02. The first-order valence-corrected chi connectivity index (χ1v) is 6.01. The summed E-state index contributed by atoms with van der Waals surface area (Å²) >= 11 is 0. The molecule has 0 saturated carbocycles. The van der Waals surface area contributed by atoms with Crippen LogP contribution in [-0.4, -0.2) is 41.5 Å². The van der Waals surface area contributed by atoms with Crippen molar-refractivity contribution in [2.24, 2.45) is 0 Å². The largest absolute Gasteiger partial charge is 1.00 e. The first kappa shape index (κ1) is 21.8. The molecule has 0 unspecified atom stereocenters. The Hall–Kier alpha value is -1.16. The Kier molecular flexibility index (Phi) is 9.37. The molecule has 5 nitrogen and oxygen atoms in total. The molecule has 4 radical (unpaired) electrons. The zero-order valence-electron chi connectivity index (χ0n) is 12.6. The van der Waals surface area contributed by atoms with E-state index in [1.807, 2.05) is 0 Å². The third kappa shape index (κ3) is 5.76. The number of hydrogen-bond donors (Lipinski definition) is 1. The number of rotatable bonds is 5. The molecule has 0 spiro atoms. The van der Waals surface area contributed by atoms with Crippen molar-refractivity contribution in [3.8, 4) is 17.1 Å². The zero-order chi connectivity index (χ0) is 15.4. The maximum Gasteiger partial charge on any atom is 1.00 e. The van der Waals surface area contributed by atoms with E-state index in [-0.39, 0.29) is 61.7 Å². The molecule has 2 aromatic heterocycles. The van der Waals surface area contributed by atoms with Gasteiger partial charge in [-0.05, 0) is 6.92 Å². The Labute approximate surface area is 155 Å².